The topological polar surface area (TPSA) is 85.9 Å². The van der Waals surface area contributed by atoms with Gasteiger partial charge in [-0.15, -0.1) is 0 Å². The summed E-state index contributed by atoms with van der Waals surface area (Å²) in [4.78, 5) is 39.2. The number of aryl methyl sites for hydroxylation is 1. The lowest BCUT2D eigenvalue weighted by molar-refractivity contribution is 0.0694. The maximum atomic E-state index is 12.6. The van der Waals surface area contributed by atoms with Crippen molar-refractivity contribution < 1.29 is 4.79 Å². The summed E-state index contributed by atoms with van der Waals surface area (Å²) in [6, 6.07) is 3.48. The third-order valence-corrected chi connectivity index (χ3v) is 4.80. The first-order valence-electron chi connectivity index (χ1n) is 8.23. The summed E-state index contributed by atoms with van der Waals surface area (Å²) in [5, 5.41) is 0. The quantitative estimate of drug-likeness (QED) is 0.696. The molecule has 0 bridgehead atoms. The summed E-state index contributed by atoms with van der Waals surface area (Å²) in [5.74, 6) is 0.00782. The Morgan fingerprint density at radius 2 is 1.88 bits per heavy atom. The molecule has 3 aromatic heterocycles. The Kier molecular flexibility index (Phi) is 3.79. The number of likely N-dealkylation sites (tertiary alicyclic amines) is 1. The van der Waals surface area contributed by atoms with Crippen LogP contribution in [-0.4, -0.2) is 48.0 Å². The first kappa shape index (κ1) is 15.5. The number of fused-ring (bicyclic) bond motifs is 1. The van der Waals surface area contributed by atoms with E-state index in [4.69, 9.17) is 0 Å². The van der Waals surface area contributed by atoms with Crippen LogP contribution in [0.3, 0.4) is 0 Å². The minimum absolute atomic E-state index is 0.00782. The lowest BCUT2D eigenvalue weighted by atomic mass is 10.0. The molecule has 0 aromatic carbocycles. The molecular weight excluding hydrogens is 320 g/mol. The monoisotopic (exact) mass is 338 g/mol. The molecule has 0 saturated carbocycles. The third kappa shape index (κ3) is 2.59. The van der Waals surface area contributed by atoms with E-state index in [1.807, 2.05) is 4.90 Å². The molecule has 0 atom stereocenters. The van der Waals surface area contributed by atoms with E-state index in [2.05, 4.69) is 15.0 Å². The van der Waals surface area contributed by atoms with Gasteiger partial charge in [-0.25, -0.2) is 14.8 Å². The number of hydrogen-bond donors (Lipinski definition) is 0. The van der Waals surface area contributed by atoms with Crippen molar-refractivity contribution in [3.8, 4) is 0 Å². The van der Waals surface area contributed by atoms with E-state index >= 15 is 0 Å². The van der Waals surface area contributed by atoms with E-state index in [-0.39, 0.29) is 17.6 Å². The molecular formula is C17H18N6O2. The van der Waals surface area contributed by atoms with E-state index in [1.165, 1.54) is 6.33 Å². The van der Waals surface area contributed by atoms with Gasteiger partial charge in [-0.05, 0) is 25.0 Å². The number of aromatic nitrogens is 5. The van der Waals surface area contributed by atoms with Crippen molar-refractivity contribution in [2.75, 3.05) is 13.1 Å². The van der Waals surface area contributed by atoms with E-state index in [0.717, 1.165) is 18.4 Å². The summed E-state index contributed by atoms with van der Waals surface area (Å²) in [5.41, 5.74) is 1.93. The normalized spacial score (nSPS) is 15.6. The Morgan fingerprint density at radius 3 is 2.60 bits per heavy atom. The summed E-state index contributed by atoms with van der Waals surface area (Å²) in [6.07, 6.45) is 7.80. The lowest BCUT2D eigenvalue weighted by Crippen LogP contribution is -2.41. The molecule has 1 saturated heterocycles. The van der Waals surface area contributed by atoms with Gasteiger partial charge in [0.15, 0.2) is 5.65 Å². The summed E-state index contributed by atoms with van der Waals surface area (Å²) in [6.45, 7) is 1.22. The van der Waals surface area contributed by atoms with E-state index < -0.39 is 0 Å². The molecule has 1 amide bonds. The number of piperidine rings is 1. The first-order valence-corrected chi connectivity index (χ1v) is 8.23. The predicted molar refractivity (Wildman–Crippen MR) is 91.2 cm³/mol. The van der Waals surface area contributed by atoms with Crippen LogP contribution < -0.4 is 5.69 Å². The summed E-state index contributed by atoms with van der Waals surface area (Å²) >= 11 is 0. The van der Waals surface area contributed by atoms with Crippen molar-refractivity contribution in [2.24, 2.45) is 7.05 Å². The first-order chi connectivity index (χ1) is 12.2. The molecule has 8 heteroatoms. The number of carbonyl (C=O) groups excluding carboxylic acids is 1. The molecule has 8 nitrogen and oxygen atoms in total. The molecule has 4 heterocycles. The second kappa shape index (κ2) is 6.12. The Balaban J connectivity index is 1.56. The van der Waals surface area contributed by atoms with Crippen molar-refractivity contribution in [2.45, 2.75) is 18.9 Å². The fourth-order valence-corrected chi connectivity index (χ4v) is 3.43. The summed E-state index contributed by atoms with van der Waals surface area (Å²) < 4.78 is 3.31. The zero-order chi connectivity index (χ0) is 17.4. The van der Waals surface area contributed by atoms with Crippen LogP contribution in [-0.2, 0) is 7.05 Å². The number of hydrogen-bond acceptors (Lipinski definition) is 5. The van der Waals surface area contributed by atoms with Crippen molar-refractivity contribution in [3.63, 3.8) is 0 Å². The number of nitrogens with zero attached hydrogens (tertiary/aromatic N) is 6. The number of amides is 1. The average Bonchev–Trinajstić information content (AvgIpc) is 2.93. The lowest BCUT2D eigenvalue weighted by Gasteiger charge is -2.32. The molecule has 0 spiro atoms. The molecule has 1 aliphatic heterocycles. The van der Waals surface area contributed by atoms with Gasteiger partial charge in [-0.2, -0.15) is 0 Å². The minimum atomic E-state index is -0.0885. The minimum Gasteiger partial charge on any atom is -0.338 e. The Morgan fingerprint density at radius 1 is 1.16 bits per heavy atom. The van der Waals surface area contributed by atoms with Gasteiger partial charge in [0.25, 0.3) is 5.91 Å². The van der Waals surface area contributed by atoms with Crippen molar-refractivity contribution in [1.82, 2.24) is 29.0 Å². The smallest absolute Gasteiger partial charge is 0.330 e. The number of imidazole rings is 1. The molecule has 128 valence electrons. The van der Waals surface area contributed by atoms with Gasteiger partial charge in [0.1, 0.15) is 11.8 Å². The second-order valence-electron chi connectivity index (χ2n) is 6.20. The largest absolute Gasteiger partial charge is 0.338 e. The van der Waals surface area contributed by atoms with Crippen LogP contribution in [0.25, 0.3) is 11.2 Å². The maximum absolute atomic E-state index is 12.6. The van der Waals surface area contributed by atoms with Crippen LogP contribution in [0.2, 0.25) is 0 Å². The summed E-state index contributed by atoms with van der Waals surface area (Å²) in [7, 11) is 1.73. The molecule has 4 rings (SSSR count). The zero-order valence-electron chi connectivity index (χ0n) is 13.9. The van der Waals surface area contributed by atoms with Crippen LogP contribution in [0, 0.1) is 0 Å². The highest BCUT2D eigenvalue weighted by molar-refractivity contribution is 5.94. The van der Waals surface area contributed by atoms with Crippen molar-refractivity contribution in [3.05, 3.63) is 53.1 Å². The SMILES string of the molecule is Cn1c(=O)n(C2CCN(C(=O)c3ccncc3)CC2)c2ncncc21. The standard InChI is InChI=1S/C17H18N6O2/c1-21-14-10-19-11-20-15(14)23(17(21)25)13-4-8-22(9-5-13)16(24)12-2-6-18-7-3-12/h2-3,6-7,10-11,13H,4-5,8-9H2,1H3. The van der Waals surface area contributed by atoms with Gasteiger partial charge in [0, 0.05) is 44.1 Å². The van der Waals surface area contributed by atoms with Crippen LogP contribution in [0.15, 0.2) is 41.8 Å². The van der Waals surface area contributed by atoms with E-state index in [0.29, 0.717) is 24.3 Å². The van der Waals surface area contributed by atoms with Crippen LogP contribution in [0.1, 0.15) is 29.2 Å². The molecule has 0 radical (unpaired) electrons. The van der Waals surface area contributed by atoms with Gasteiger partial charge >= 0.3 is 5.69 Å². The van der Waals surface area contributed by atoms with Crippen molar-refractivity contribution >= 4 is 17.1 Å². The molecule has 25 heavy (non-hydrogen) atoms. The zero-order valence-corrected chi connectivity index (χ0v) is 13.9. The number of carbonyl (C=O) groups is 1. The van der Waals surface area contributed by atoms with Gasteiger partial charge in [-0.1, -0.05) is 0 Å². The Labute approximate surface area is 143 Å². The molecule has 3 aromatic rings. The second-order valence-corrected chi connectivity index (χ2v) is 6.20. The average molecular weight is 338 g/mol. The van der Waals surface area contributed by atoms with Crippen LogP contribution >= 0.6 is 0 Å². The van der Waals surface area contributed by atoms with Crippen molar-refractivity contribution in [1.29, 1.82) is 0 Å². The highest BCUT2D eigenvalue weighted by Gasteiger charge is 2.27. The van der Waals surface area contributed by atoms with Crippen LogP contribution in [0.4, 0.5) is 0 Å². The van der Waals surface area contributed by atoms with Gasteiger partial charge in [0.05, 0.1) is 6.20 Å². The highest BCUT2D eigenvalue weighted by Crippen LogP contribution is 2.25. The van der Waals surface area contributed by atoms with Gasteiger partial charge in [0.2, 0.25) is 0 Å². The number of pyridine rings is 1. The van der Waals surface area contributed by atoms with E-state index in [1.54, 1.807) is 46.9 Å². The third-order valence-electron chi connectivity index (χ3n) is 4.80. The molecule has 1 aliphatic rings. The maximum Gasteiger partial charge on any atom is 0.330 e. The molecule has 0 unspecified atom stereocenters. The molecule has 0 aliphatic carbocycles. The predicted octanol–water partition coefficient (Wildman–Crippen LogP) is 1.00. The fraction of sp³-hybridized carbons (Fsp3) is 0.353. The highest BCUT2D eigenvalue weighted by atomic mass is 16.2. The van der Waals surface area contributed by atoms with E-state index in [9.17, 15) is 9.59 Å². The van der Waals surface area contributed by atoms with Gasteiger partial charge in [-0.3, -0.25) is 18.9 Å². The van der Waals surface area contributed by atoms with Gasteiger partial charge < -0.3 is 4.90 Å². The number of rotatable bonds is 2. The molecule has 0 N–H and O–H groups in total. The fourth-order valence-electron chi connectivity index (χ4n) is 3.43. The molecule has 1 fully saturated rings. The van der Waals surface area contributed by atoms with Crippen LogP contribution in [0.5, 0.6) is 0 Å². The Bertz CT molecular complexity index is 970. The Hall–Kier alpha value is -3.03.